The molecular weight excluding hydrogens is 410 g/mol. The second-order valence-corrected chi connectivity index (χ2v) is 8.49. The van der Waals surface area contributed by atoms with Gasteiger partial charge in [0, 0.05) is 59.7 Å². The van der Waals surface area contributed by atoms with Crippen LogP contribution in [0.25, 0.3) is 10.9 Å². The van der Waals surface area contributed by atoms with E-state index < -0.39 is 5.60 Å². The second-order valence-electron chi connectivity index (χ2n) is 8.49. The van der Waals surface area contributed by atoms with Crippen molar-refractivity contribution in [2.75, 3.05) is 18.0 Å². The highest BCUT2D eigenvalue weighted by atomic mass is 16.6. The summed E-state index contributed by atoms with van der Waals surface area (Å²) in [5.74, 6) is -0.335. The Kier molecular flexibility index (Phi) is 5.20. The van der Waals surface area contributed by atoms with Crippen molar-refractivity contribution in [1.29, 1.82) is 0 Å². The summed E-state index contributed by atoms with van der Waals surface area (Å²) in [4.78, 5) is 20.2. The molecule has 5 rings (SSSR count). The first-order valence-electron chi connectivity index (χ1n) is 11.7. The number of hydrogen-bond donors (Lipinski definition) is 0. The number of benzene rings is 2. The Morgan fingerprint density at radius 2 is 1.79 bits per heavy atom. The van der Waals surface area contributed by atoms with Crippen LogP contribution in [0.2, 0.25) is 0 Å². The molecule has 0 fully saturated rings. The van der Waals surface area contributed by atoms with Crippen LogP contribution in [0, 0.1) is 6.92 Å². The predicted molar refractivity (Wildman–Crippen MR) is 132 cm³/mol. The van der Waals surface area contributed by atoms with E-state index >= 15 is 0 Å². The van der Waals surface area contributed by atoms with Gasteiger partial charge in [-0.3, -0.25) is 4.98 Å². The molecule has 1 atom stereocenters. The first-order chi connectivity index (χ1) is 16.0. The van der Waals surface area contributed by atoms with Crippen LogP contribution < -0.4 is 4.90 Å². The average molecular weight is 440 g/mol. The van der Waals surface area contributed by atoms with E-state index in [-0.39, 0.29) is 5.97 Å². The molecule has 1 aliphatic heterocycles. The lowest BCUT2D eigenvalue weighted by molar-refractivity contribution is 0.0245. The zero-order chi connectivity index (χ0) is 23.2. The number of nitrogens with zero attached hydrogens (tertiary/aromatic N) is 3. The Morgan fingerprint density at radius 3 is 2.52 bits per heavy atom. The van der Waals surface area contributed by atoms with Gasteiger partial charge in [-0.2, -0.15) is 0 Å². The van der Waals surface area contributed by atoms with Crippen LogP contribution in [-0.2, 0) is 16.9 Å². The minimum absolute atomic E-state index is 0.335. The highest BCUT2D eigenvalue weighted by Crippen LogP contribution is 2.49. The molecule has 0 saturated heterocycles. The molecule has 0 radical (unpaired) electrons. The summed E-state index contributed by atoms with van der Waals surface area (Å²) in [6.45, 7) is 11.2. The van der Waals surface area contributed by atoms with Crippen LogP contribution in [0.5, 0.6) is 0 Å². The number of hydrogen-bond acceptors (Lipinski definition) is 4. The van der Waals surface area contributed by atoms with E-state index in [1.807, 2.05) is 18.2 Å². The lowest BCUT2D eigenvalue weighted by atomic mass is 9.80. The fourth-order valence-electron chi connectivity index (χ4n) is 5.22. The van der Waals surface area contributed by atoms with Crippen molar-refractivity contribution in [1.82, 2.24) is 9.55 Å². The molecule has 0 N–H and O–H groups in total. The Labute approximate surface area is 194 Å². The first kappa shape index (κ1) is 21.3. The van der Waals surface area contributed by atoms with Crippen molar-refractivity contribution < 1.29 is 9.53 Å². The van der Waals surface area contributed by atoms with Crippen molar-refractivity contribution in [3.63, 3.8) is 0 Å². The van der Waals surface area contributed by atoms with Crippen molar-refractivity contribution in [3.05, 3.63) is 94.9 Å². The average Bonchev–Trinajstić information content (AvgIpc) is 3.36. The van der Waals surface area contributed by atoms with E-state index in [1.54, 1.807) is 12.3 Å². The van der Waals surface area contributed by atoms with Crippen LogP contribution in [0.4, 0.5) is 5.69 Å². The quantitative estimate of drug-likeness (QED) is 0.363. The maximum Gasteiger partial charge on any atom is 0.341 e. The molecular formula is C28H29N3O2. The van der Waals surface area contributed by atoms with Gasteiger partial charge in [0.2, 0.25) is 5.60 Å². The molecule has 2 aromatic carbocycles. The molecule has 33 heavy (non-hydrogen) atoms. The van der Waals surface area contributed by atoms with Crippen LogP contribution in [-0.4, -0.2) is 28.6 Å². The van der Waals surface area contributed by atoms with Gasteiger partial charge in [0.15, 0.2) is 0 Å². The molecule has 1 aliphatic rings. The van der Waals surface area contributed by atoms with Gasteiger partial charge in [-0.1, -0.05) is 24.3 Å². The molecule has 5 nitrogen and oxygen atoms in total. The van der Waals surface area contributed by atoms with Gasteiger partial charge in [-0.05, 0) is 63.6 Å². The molecule has 0 spiro atoms. The maximum atomic E-state index is 13.1. The number of ether oxygens (including phenoxy) is 1. The van der Waals surface area contributed by atoms with E-state index in [0.717, 1.165) is 52.9 Å². The lowest BCUT2D eigenvalue weighted by Crippen LogP contribution is -2.31. The van der Waals surface area contributed by atoms with Crippen LogP contribution in [0.3, 0.4) is 0 Å². The molecule has 0 amide bonds. The third-order valence-electron chi connectivity index (χ3n) is 6.83. The number of carbonyl (C=O) groups is 1. The van der Waals surface area contributed by atoms with E-state index in [0.29, 0.717) is 11.3 Å². The zero-order valence-corrected chi connectivity index (χ0v) is 19.6. The van der Waals surface area contributed by atoms with Gasteiger partial charge in [-0.25, -0.2) is 4.79 Å². The second kappa shape index (κ2) is 8.07. The summed E-state index contributed by atoms with van der Waals surface area (Å²) in [5, 5.41) is 1.07. The number of rotatable bonds is 6. The molecule has 168 valence electrons. The number of esters is 1. The highest BCUT2D eigenvalue weighted by Gasteiger charge is 2.52. The third-order valence-corrected chi connectivity index (χ3v) is 6.83. The summed E-state index contributed by atoms with van der Waals surface area (Å²) < 4.78 is 8.57. The summed E-state index contributed by atoms with van der Waals surface area (Å²) in [6, 6.07) is 18.3. The largest absolute Gasteiger partial charge is 0.439 e. The van der Waals surface area contributed by atoms with E-state index in [1.165, 1.54) is 0 Å². The number of para-hydroxylation sites is 1. The molecule has 0 bridgehead atoms. The van der Waals surface area contributed by atoms with Crippen LogP contribution in [0.15, 0.2) is 67.0 Å². The molecule has 1 unspecified atom stereocenters. The van der Waals surface area contributed by atoms with Crippen molar-refractivity contribution in [3.8, 4) is 0 Å². The number of pyridine rings is 1. The van der Waals surface area contributed by atoms with E-state index in [2.05, 4.69) is 73.7 Å². The fraction of sp³-hybridized carbons (Fsp3) is 0.286. The molecule has 3 heterocycles. The van der Waals surface area contributed by atoms with E-state index in [9.17, 15) is 4.79 Å². The standard InChI is InChI=1S/C28H29N3O2/c1-5-30(6-2)20-14-15-23(19(4)17-20)28(26-22(27(32)33-28)12-10-16-29-26)24-18-31(7-3)25-13-9-8-11-21(24)25/h8-18H,5-7H2,1-4H3. The van der Waals surface area contributed by atoms with Gasteiger partial charge in [0.1, 0.15) is 5.69 Å². The zero-order valence-electron chi connectivity index (χ0n) is 19.6. The number of anilines is 1. The Bertz CT molecular complexity index is 1350. The smallest absolute Gasteiger partial charge is 0.341 e. The van der Waals surface area contributed by atoms with Gasteiger partial charge in [0.25, 0.3) is 0 Å². The van der Waals surface area contributed by atoms with Crippen LogP contribution in [0.1, 0.15) is 53.5 Å². The molecule has 4 aromatic rings. The summed E-state index contributed by atoms with van der Waals surface area (Å²) >= 11 is 0. The Morgan fingerprint density at radius 1 is 1.00 bits per heavy atom. The van der Waals surface area contributed by atoms with Crippen molar-refractivity contribution in [2.45, 2.75) is 39.8 Å². The van der Waals surface area contributed by atoms with E-state index in [4.69, 9.17) is 9.72 Å². The number of aromatic nitrogens is 2. The number of carbonyl (C=O) groups excluding carboxylic acids is 1. The van der Waals surface area contributed by atoms with Crippen molar-refractivity contribution >= 4 is 22.6 Å². The van der Waals surface area contributed by atoms with Gasteiger partial charge < -0.3 is 14.2 Å². The van der Waals surface area contributed by atoms with Gasteiger partial charge in [-0.15, -0.1) is 0 Å². The topological polar surface area (TPSA) is 47.4 Å². The maximum absolute atomic E-state index is 13.1. The normalized spacial score (nSPS) is 17.3. The molecule has 2 aromatic heterocycles. The minimum Gasteiger partial charge on any atom is -0.439 e. The lowest BCUT2D eigenvalue weighted by Gasteiger charge is -2.31. The Hall–Kier alpha value is -3.60. The van der Waals surface area contributed by atoms with Crippen molar-refractivity contribution in [2.24, 2.45) is 0 Å². The summed E-state index contributed by atoms with van der Waals surface area (Å²) in [6.07, 6.45) is 3.87. The molecule has 5 heteroatoms. The van der Waals surface area contributed by atoms with Gasteiger partial charge in [0.05, 0.1) is 5.56 Å². The number of cyclic esters (lactones) is 1. The van der Waals surface area contributed by atoms with Crippen LogP contribution >= 0.6 is 0 Å². The number of fused-ring (bicyclic) bond motifs is 2. The predicted octanol–water partition coefficient (Wildman–Crippen LogP) is 5.67. The number of aryl methyl sites for hydroxylation is 2. The highest BCUT2D eigenvalue weighted by molar-refractivity contribution is 5.97. The monoisotopic (exact) mass is 439 g/mol. The molecule has 0 saturated carbocycles. The third kappa shape index (κ3) is 3.06. The van der Waals surface area contributed by atoms with Gasteiger partial charge >= 0.3 is 5.97 Å². The summed E-state index contributed by atoms with van der Waals surface area (Å²) in [5.41, 5.74) is 5.34. The summed E-state index contributed by atoms with van der Waals surface area (Å²) in [7, 11) is 0. The molecule has 0 aliphatic carbocycles. The fourth-order valence-corrected chi connectivity index (χ4v) is 5.22. The Balaban J connectivity index is 1.84. The minimum atomic E-state index is -1.10. The first-order valence-corrected chi connectivity index (χ1v) is 11.7. The SMILES string of the molecule is CCN(CC)c1ccc(C2(c3cn(CC)c4ccccc34)OC(=O)c3cccnc32)c(C)c1.